The smallest absolute Gasteiger partial charge is 0.221 e. The van der Waals surface area contributed by atoms with Crippen LogP contribution in [0.25, 0.3) is 11.0 Å². The molecule has 0 saturated heterocycles. The van der Waals surface area contributed by atoms with Crippen LogP contribution in [-0.4, -0.2) is 46.5 Å². The van der Waals surface area contributed by atoms with Crippen molar-refractivity contribution in [3.8, 4) is 0 Å². The molecule has 2 rings (SSSR count). The molecule has 5 heteroatoms. The van der Waals surface area contributed by atoms with Crippen molar-refractivity contribution in [3.63, 3.8) is 0 Å². The van der Waals surface area contributed by atoms with E-state index in [4.69, 9.17) is 0 Å². The van der Waals surface area contributed by atoms with Crippen LogP contribution in [-0.2, 0) is 11.3 Å². The van der Waals surface area contributed by atoms with E-state index >= 15 is 0 Å². The Morgan fingerprint density at radius 1 is 1.29 bits per heavy atom. The number of nitrogens with zero attached hydrogens (tertiary/aromatic N) is 3. The molecule has 2 aromatic rings. The van der Waals surface area contributed by atoms with Crippen LogP contribution in [0, 0.1) is 0 Å². The van der Waals surface area contributed by atoms with Crippen molar-refractivity contribution in [3.05, 3.63) is 30.6 Å². The number of hydrogen-bond acceptors (Lipinski definition) is 3. The molecular weight excluding hydrogens is 264 g/mol. The predicted octanol–water partition coefficient (Wildman–Crippen LogP) is 1.88. The summed E-state index contributed by atoms with van der Waals surface area (Å²) < 4.78 is 2.03. The molecule has 1 aromatic carbocycles. The molecule has 1 heterocycles. The summed E-state index contributed by atoms with van der Waals surface area (Å²) in [7, 11) is 0. The predicted molar refractivity (Wildman–Crippen MR) is 85.1 cm³/mol. The Bertz CT molecular complexity index is 574. The first-order valence-electron chi connectivity index (χ1n) is 7.63. The minimum absolute atomic E-state index is 0.0972. The number of rotatable bonds is 8. The highest BCUT2D eigenvalue weighted by Gasteiger charge is 2.05. The number of hydrogen-bond donors (Lipinski definition) is 1. The maximum Gasteiger partial charge on any atom is 0.221 e. The van der Waals surface area contributed by atoms with Gasteiger partial charge in [0, 0.05) is 26.1 Å². The number of carbonyl (C=O) groups is 1. The van der Waals surface area contributed by atoms with Gasteiger partial charge >= 0.3 is 0 Å². The van der Waals surface area contributed by atoms with Crippen molar-refractivity contribution >= 4 is 16.9 Å². The van der Waals surface area contributed by atoms with Gasteiger partial charge in [0.05, 0.1) is 17.4 Å². The summed E-state index contributed by atoms with van der Waals surface area (Å²) in [5.74, 6) is 0.0972. The molecule has 1 N–H and O–H groups in total. The average molecular weight is 288 g/mol. The minimum atomic E-state index is 0.0972. The second kappa shape index (κ2) is 7.78. The van der Waals surface area contributed by atoms with Crippen molar-refractivity contribution in [1.82, 2.24) is 19.8 Å². The number of carbonyl (C=O) groups excluding carboxylic acids is 1. The molecule has 0 aliphatic rings. The SMILES string of the molecule is CCN(CC)CCNC(=O)CCn1cnc2ccccc21. The fourth-order valence-electron chi connectivity index (χ4n) is 2.39. The lowest BCUT2D eigenvalue weighted by molar-refractivity contribution is -0.121. The third-order valence-electron chi connectivity index (χ3n) is 3.75. The number of fused-ring (bicyclic) bond motifs is 1. The van der Waals surface area contributed by atoms with E-state index in [0.29, 0.717) is 19.5 Å². The van der Waals surface area contributed by atoms with Gasteiger partial charge in [0.15, 0.2) is 0 Å². The number of aromatic nitrogens is 2. The van der Waals surface area contributed by atoms with E-state index in [1.165, 1.54) is 0 Å². The van der Waals surface area contributed by atoms with E-state index in [1.54, 1.807) is 6.33 Å². The fraction of sp³-hybridized carbons (Fsp3) is 0.500. The molecule has 5 nitrogen and oxygen atoms in total. The lowest BCUT2D eigenvalue weighted by Crippen LogP contribution is -2.35. The molecule has 0 atom stereocenters. The molecule has 0 unspecified atom stereocenters. The van der Waals surface area contributed by atoms with E-state index in [-0.39, 0.29) is 5.91 Å². The van der Waals surface area contributed by atoms with Crippen LogP contribution in [0.1, 0.15) is 20.3 Å². The van der Waals surface area contributed by atoms with Crippen LogP contribution in [0.3, 0.4) is 0 Å². The molecule has 0 aliphatic heterocycles. The zero-order valence-electron chi connectivity index (χ0n) is 12.9. The first-order chi connectivity index (χ1) is 10.2. The zero-order chi connectivity index (χ0) is 15.1. The van der Waals surface area contributed by atoms with Gasteiger partial charge in [-0.1, -0.05) is 26.0 Å². The normalized spacial score (nSPS) is 11.2. The summed E-state index contributed by atoms with van der Waals surface area (Å²) in [5, 5.41) is 2.98. The van der Waals surface area contributed by atoms with Gasteiger partial charge in [-0.2, -0.15) is 0 Å². The van der Waals surface area contributed by atoms with Gasteiger partial charge in [0.2, 0.25) is 5.91 Å². The van der Waals surface area contributed by atoms with Crippen LogP contribution in [0.15, 0.2) is 30.6 Å². The van der Waals surface area contributed by atoms with Crippen LogP contribution in [0.4, 0.5) is 0 Å². The average Bonchev–Trinajstić information content (AvgIpc) is 2.93. The minimum Gasteiger partial charge on any atom is -0.355 e. The van der Waals surface area contributed by atoms with Gasteiger partial charge < -0.3 is 14.8 Å². The lowest BCUT2D eigenvalue weighted by Gasteiger charge is -2.17. The van der Waals surface area contributed by atoms with Crippen LogP contribution >= 0.6 is 0 Å². The standard InChI is InChI=1S/C16H24N4O/c1-3-19(4-2)12-10-17-16(21)9-11-20-13-18-14-7-5-6-8-15(14)20/h5-8,13H,3-4,9-12H2,1-2H3,(H,17,21). The largest absolute Gasteiger partial charge is 0.355 e. The van der Waals surface area contributed by atoms with Gasteiger partial charge in [-0.3, -0.25) is 4.79 Å². The quantitative estimate of drug-likeness (QED) is 0.807. The summed E-state index contributed by atoms with van der Waals surface area (Å²) in [4.78, 5) is 18.5. The number of para-hydroxylation sites is 2. The molecule has 1 amide bonds. The maximum atomic E-state index is 11.9. The summed E-state index contributed by atoms with van der Waals surface area (Å²) >= 11 is 0. The molecule has 0 radical (unpaired) electrons. The second-order valence-electron chi connectivity index (χ2n) is 5.05. The van der Waals surface area contributed by atoms with E-state index in [2.05, 4.69) is 29.0 Å². The number of amides is 1. The summed E-state index contributed by atoms with van der Waals surface area (Å²) in [5.41, 5.74) is 2.05. The van der Waals surface area contributed by atoms with E-state index in [9.17, 15) is 4.79 Å². The number of benzene rings is 1. The summed E-state index contributed by atoms with van der Waals surface area (Å²) in [6.07, 6.45) is 2.28. The van der Waals surface area contributed by atoms with Gasteiger partial charge in [-0.05, 0) is 25.2 Å². The highest BCUT2D eigenvalue weighted by Crippen LogP contribution is 2.11. The summed E-state index contributed by atoms with van der Waals surface area (Å²) in [6, 6.07) is 7.97. The molecule has 0 saturated carbocycles. The van der Waals surface area contributed by atoms with Gasteiger partial charge in [-0.15, -0.1) is 0 Å². The molecule has 0 spiro atoms. The monoisotopic (exact) mass is 288 g/mol. The van der Waals surface area contributed by atoms with E-state index in [1.807, 2.05) is 28.8 Å². The Labute approximate surface area is 126 Å². The molecular formula is C16H24N4O. The molecule has 114 valence electrons. The topological polar surface area (TPSA) is 50.2 Å². The Morgan fingerprint density at radius 2 is 2.05 bits per heavy atom. The van der Waals surface area contributed by atoms with Crippen LogP contribution in [0.2, 0.25) is 0 Å². The summed E-state index contributed by atoms with van der Waals surface area (Å²) in [6.45, 7) is 8.60. The number of aryl methyl sites for hydroxylation is 1. The molecule has 1 aromatic heterocycles. The zero-order valence-corrected chi connectivity index (χ0v) is 12.9. The molecule has 21 heavy (non-hydrogen) atoms. The Balaban J connectivity index is 1.76. The highest BCUT2D eigenvalue weighted by molar-refractivity contribution is 5.77. The molecule has 0 fully saturated rings. The Hall–Kier alpha value is -1.88. The first kappa shape index (κ1) is 15.5. The van der Waals surface area contributed by atoms with Crippen molar-refractivity contribution in [2.45, 2.75) is 26.8 Å². The van der Waals surface area contributed by atoms with Crippen molar-refractivity contribution in [2.24, 2.45) is 0 Å². The number of likely N-dealkylation sites (N-methyl/N-ethyl adjacent to an activating group) is 1. The Kier molecular flexibility index (Phi) is 5.75. The second-order valence-corrected chi connectivity index (χ2v) is 5.05. The fourth-order valence-corrected chi connectivity index (χ4v) is 2.39. The van der Waals surface area contributed by atoms with E-state index < -0.39 is 0 Å². The van der Waals surface area contributed by atoms with Gasteiger partial charge in [-0.25, -0.2) is 4.98 Å². The van der Waals surface area contributed by atoms with Crippen LogP contribution < -0.4 is 5.32 Å². The number of imidazole rings is 1. The maximum absolute atomic E-state index is 11.9. The third kappa shape index (κ3) is 4.29. The van der Waals surface area contributed by atoms with Crippen LogP contribution in [0.5, 0.6) is 0 Å². The van der Waals surface area contributed by atoms with Gasteiger partial charge in [0.25, 0.3) is 0 Å². The molecule has 0 aliphatic carbocycles. The first-order valence-corrected chi connectivity index (χ1v) is 7.63. The highest BCUT2D eigenvalue weighted by atomic mass is 16.1. The van der Waals surface area contributed by atoms with Crippen molar-refractivity contribution in [1.29, 1.82) is 0 Å². The lowest BCUT2D eigenvalue weighted by atomic mass is 10.3. The van der Waals surface area contributed by atoms with Crippen molar-refractivity contribution < 1.29 is 4.79 Å². The van der Waals surface area contributed by atoms with E-state index in [0.717, 1.165) is 30.7 Å². The van der Waals surface area contributed by atoms with Gasteiger partial charge in [0.1, 0.15) is 0 Å². The number of nitrogens with one attached hydrogen (secondary N) is 1. The third-order valence-corrected chi connectivity index (χ3v) is 3.75. The Morgan fingerprint density at radius 3 is 2.81 bits per heavy atom. The van der Waals surface area contributed by atoms with Crippen molar-refractivity contribution in [2.75, 3.05) is 26.2 Å². The molecule has 0 bridgehead atoms.